The topological polar surface area (TPSA) is 200 Å². The number of hydrogen-bond donors (Lipinski definition) is 4. The molecule has 4 amide bonds. The fourth-order valence-electron chi connectivity index (χ4n) is 5.92. The Morgan fingerprint density at radius 3 is 1.15 bits per heavy atom. The zero-order chi connectivity index (χ0) is 50.4. The molecule has 0 fully saturated rings. The summed E-state index contributed by atoms with van der Waals surface area (Å²) in [5, 5.41) is 24.1. The Hall–Kier alpha value is -6.74. The maximum atomic E-state index is 13.4. The molecule has 0 spiro atoms. The summed E-state index contributed by atoms with van der Waals surface area (Å²) in [6.45, 7) is 5.36. The molecule has 24 heteroatoms. The molecule has 68 heavy (non-hydrogen) atoms. The van der Waals surface area contributed by atoms with E-state index in [-0.39, 0.29) is 55.3 Å². The number of carbonyl (C=O) groups is 6. The molecule has 0 aromatic heterocycles. The van der Waals surface area contributed by atoms with Crippen molar-refractivity contribution in [3.63, 3.8) is 0 Å². The van der Waals surface area contributed by atoms with Crippen LogP contribution in [0.2, 0.25) is 20.1 Å². The van der Waals surface area contributed by atoms with E-state index in [9.17, 15) is 55.1 Å². The zero-order valence-corrected chi connectivity index (χ0v) is 38.3. The van der Waals surface area contributed by atoms with E-state index in [4.69, 9.17) is 46.4 Å². The molecule has 354 valence electrons. The Labute approximate surface area is 401 Å². The average molecular weight is 1020 g/mol. The molecule has 0 aliphatic carbocycles. The van der Waals surface area contributed by atoms with E-state index < -0.39 is 80.8 Å². The second kappa shape index (κ2) is 21.5. The summed E-state index contributed by atoms with van der Waals surface area (Å²) in [5.41, 5.74) is -1.49. The number of ketones is 2. The smallest absolute Gasteiger partial charge is 0.324 e. The van der Waals surface area contributed by atoms with Crippen LogP contribution in [0.25, 0.3) is 0 Å². The molecule has 5 aromatic carbocycles. The maximum absolute atomic E-state index is 13.4. The predicted molar refractivity (Wildman–Crippen MR) is 243 cm³/mol. The normalized spacial score (nSPS) is 12.7. The number of Topliss-reactive ketones (excluding diaryl/α,β-unsaturated/α-hetero) is 2. The number of carbonyl (C=O) groups excluding carboxylic acids is 6. The van der Waals surface area contributed by atoms with Gasteiger partial charge in [-0.3, -0.25) is 28.8 Å². The van der Waals surface area contributed by atoms with Gasteiger partial charge in [0.15, 0.2) is 11.6 Å². The fourth-order valence-corrected chi connectivity index (χ4v) is 6.90. The molecule has 0 aliphatic rings. The number of hydrogen-bond acceptors (Lipinski definition) is 10. The zero-order valence-electron chi connectivity index (χ0n) is 35.3. The Balaban J connectivity index is 1.25. The molecule has 0 saturated heterocycles. The molecule has 14 nitrogen and oxygen atoms in total. The molecule has 0 bridgehead atoms. The summed E-state index contributed by atoms with van der Waals surface area (Å²) < 4.78 is 78.7. The first-order valence-corrected chi connectivity index (χ1v) is 20.8. The Kier molecular flexibility index (Phi) is 16.5. The number of amides is 4. The first-order chi connectivity index (χ1) is 31.7. The molecule has 0 heterocycles. The molecular formula is C44H32Cl4F6N8O6. The average Bonchev–Trinajstić information content (AvgIpc) is 3.23. The minimum absolute atomic E-state index is 0.0224. The Morgan fingerprint density at radius 2 is 0.838 bits per heavy atom. The van der Waals surface area contributed by atoms with Crippen LogP contribution < -0.4 is 21.3 Å². The van der Waals surface area contributed by atoms with Crippen LogP contribution in [0.4, 0.5) is 60.5 Å². The highest BCUT2D eigenvalue weighted by molar-refractivity contribution is 6.35. The number of azo groups is 2. The maximum Gasteiger partial charge on any atom is 0.417 e. The molecule has 0 saturated carbocycles. The van der Waals surface area contributed by atoms with Gasteiger partial charge in [0.25, 0.3) is 23.6 Å². The van der Waals surface area contributed by atoms with Crippen molar-refractivity contribution in [1.82, 2.24) is 0 Å². The lowest BCUT2D eigenvalue weighted by Gasteiger charge is -2.17. The molecule has 5 aromatic rings. The van der Waals surface area contributed by atoms with Crippen molar-refractivity contribution in [1.29, 1.82) is 0 Å². The third-order valence-corrected chi connectivity index (χ3v) is 10.9. The van der Waals surface area contributed by atoms with E-state index >= 15 is 0 Å². The standard InChI is InChI=1S/C44H32Cl4F6N8O6/c1-19-20(2)36(58-42(68)38(22(4)64)62-60-26-8-12-32(46)28(16-26)40(66)56-24-6-10-30(34(48)18-24)44(52,53)54)14-13-35(19)57-41(67)37(21(3)63)61-59-25-7-11-31(45)27(15-25)39(65)55-23-5-9-29(33(47)17-23)43(49,50)51/h5-18,37-38H,1-4H3,(H,55,65)(H,56,66)(H,57,67)(H,58,68). The summed E-state index contributed by atoms with van der Waals surface area (Å²) in [6, 6.07) is 12.2. The molecule has 0 radical (unpaired) electrons. The second-order valence-electron chi connectivity index (χ2n) is 14.5. The fraction of sp³-hybridized carbons (Fsp3) is 0.182. The van der Waals surface area contributed by atoms with Gasteiger partial charge < -0.3 is 21.3 Å². The third-order valence-electron chi connectivity index (χ3n) is 9.60. The molecule has 5 rings (SSSR count). The molecule has 0 aliphatic heterocycles. The van der Waals surface area contributed by atoms with E-state index in [1.54, 1.807) is 13.8 Å². The van der Waals surface area contributed by atoms with Crippen LogP contribution in [0.3, 0.4) is 0 Å². The molecule has 2 atom stereocenters. The second-order valence-corrected chi connectivity index (χ2v) is 16.1. The van der Waals surface area contributed by atoms with E-state index in [0.717, 1.165) is 38.1 Å². The number of rotatable bonds is 14. The van der Waals surface area contributed by atoms with Gasteiger partial charge >= 0.3 is 12.4 Å². The molecule has 4 N–H and O–H groups in total. The quantitative estimate of drug-likeness (QED) is 0.0484. The third kappa shape index (κ3) is 13.0. The van der Waals surface area contributed by atoms with E-state index in [0.29, 0.717) is 23.3 Å². The van der Waals surface area contributed by atoms with Crippen molar-refractivity contribution < 1.29 is 55.1 Å². The number of halogens is 10. The first kappa shape index (κ1) is 52.2. The lowest BCUT2D eigenvalue weighted by atomic mass is 10.0. The van der Waals surface area contributed by atoms with Crippen LogP contribution >= 0.6 is 46.4 Å². The van der Waals surface area contributed by atoms with Gasteiger partial charge in [-0.15, -0.1) is 0 Å². The van der Waals surface area contributed by atoms with Crippen LogP contribution in [0.1, 0.15) is 56.8 Å². The number of nitrogens with zero attached hydrogens (tertiary/aromatic N) is 4. The SMILES string of the molecule is CC(=O)C(N=Nc1ccc(Cl)c(C(=O)Nc2ccc(C(F)(F)F)c(Cl)c2)c1)C(=O)Nc1ccc(NC(=O)C(N=Nc2ccc(Cl)c(C(=O)Nc3ccc(C(F)(F)F)c(Cl)c3)c2)C(C)=O)c(C)c1C. The van der Waals surface area contributed by atoms with Gasteiger partial charge in [-0.1, -0.05) is 46.4 Å². The van der Waals surface area contributed by atoms with Crippen LogP contribution in [-0.2, 0) is 31.5 Å². The number of anilines is 4. The van der Waals surface area contributed by atoms with Crippen molar-refractivity contribution in [2.75, 3.05) is 21.3 Å². The van der Waals surface area contributed by atoms with Crippen LogP contribution in [0, 0.1) is 13.8 Å². The number of alkyl halides is 6. The number of benzene rings is 5. The van der Waals surface area contributed by atoms with Crippen LogP contribution in [0.5, 0.6) is 0 Å². The van der Waals surface area contributed by atoms with E-state index in [1.165, 1.54) is 48.5 Å². The van der Waals surface area contributed by atoms with Gasteiger partial charge in [0, 0.05) is 22.7 Å². The van der Waals surface area contributed by atoms with Gasteiger partial charge in [0.2, 0.25) is 12.1 Å². The summed E-state index contributed by atoms with van der Waals surface area (Å²) in [6.07, 6.45) is -9.43. The highest BCUT2D eigenvalue weighted by Crippen LogP contribution is 2.38. The highest BCUT2D eigenvalue weighted by Gasteiger charge is 2.34. The Morgan fingerprint density at radius 1 is 0.485 bits per heavy atom. The van der Waals surface area contributed by atoms with E-state index in [2.05, 4.69) is 41.7 Å². The lowest BCUT2D eigenvalue weighted by Crippen LogP contribution is -2.33. The summed E-state index contributed by atoms with van der Waals surface area (Å²) in [5.74, 6) is -4.95. The Bertz CT molecular complexity index is 2740. The summed E-state index contributed by atoms with van der Waals surface area (Å²) in [4.78, 5) is 77.9. The van der Waals surface area contributed by atoms with E-state index in [1.807, 2.05) is 0 Å². The largest absolute Gasteiger partial charge is 0.417 e. The minimum Gasteiger partial charge on any atom is -0.324 e. The van der Waals surface area contributed by atoms with Gasteiger partial charge in [0.05, 0.1) is 53.7 Å². The summed E-state index contributed by atoms with van der Waals surface area (Å²) in [7, 11) is 0. The molecular weight excluding hydrogens is 992 g/mol. The van der Waals surface area contributed by atoms with Crippen molar-refractivity contribution in [2.45, 2.75) is 52.1 Å². The van der Waals surface area contributed by atoms with Gasteiger partial charge in [-0.2, -0.15) is 46.8 Å². The van der Waals surface area contributed by atoms with Crippen molar-refractivity contribution >= 4 is 116 Å². The summed E-state index contributed by atoms with van der Waals surface area (Å²) >= 11 is 23.9. The lowest BCUT2D eigenvalue weighted by molar-refractivity contribution is -0.138. The van der Waals surface area contributed by atoms with Crippen molar-refractivity contribution in [3.05, 3.63) is 138 Å². The van der Waals surface area contributed by atoms with Gasteiger partial charge in [0.1, 0.15) is 0 Å². The van der Waals surface area contributed by atoms with Crippen molar-refractivity contribution in [2.24, 2.45) is 20.5 Å². The van der Waals surface area contributed by atoms with Crippen LogP contribution in [0.15, 0.2) is 105 Å². The minimum atomic E-state index is -4.72. The molecule has 2 unspecified atom stereocenters. The van der Waals surface area contributed by atoms with Crippen molar-refractivity contribution in [3.8, 4) is 0 Å². The van der Waals surface area contributed by atoms with Crippen LogP contribution in [-0.4, -0.2) is 47.3 Å². The highest BCUT2D eigenvalue weighted by atomic mass is 35.5. The van der Waals surface area contributed by atoms with Gasteiger partial charge in [-0.05, 0) is 124 Å². The predicted octanol–water partition coefficient (Wildman–Crippen LogP) is 12.8. The number of nitrogens with one attached hydrogen (secondary N) is 4. The first-order valence-electron chi connectivity index (χ1n) is 19.2. The van der Waals surface area contributed by atoms with Gasteiger partial charge in [-0.25, -0.2) is 0 Å². The monoisotopic (exact) mass is 1020 g/mol.